The topological polar surface area (TPSA) is 40.2 Å². The summed E-state index contributed by atoms with van der Waals surface area (Å²) in [5.41, 5.74) is 0. The molecule has 5 nitrogen and oxygen atoms in total. The molecule has 0 heterocycles. The van der Waals surface area contributed by atoms with Gasteiger partial charge in [-0.25, -0.2) is 0 Å². The zero-order valence-electron chi connectivity index (χ0n) is 12.9. The molecule has 0 atom stereocenters. The van der Waals surface area contributed by atoms with Crippen molar-refractivity contribution in [2.75, 3.05) is 73.5 Å². The van der Waals surface area contributed by atoms with Crippen LogP contribution in [0.5, 0.6) is 0 Å². The van der Waals surface area contributed by atoms with Crippen LogP contribution in [0, 0.1) is 0 Å². The fourth-order valence-electron chi connectivity index (χ4n) is 1.26. The molecule has 0 spiro atoms. The van der Waals surface area contributed by atoms with Crippen molar-refractivity contribution in [3.8, 4) is 0 Å². The molecule has 0 amide bonds. The van der Waals surface area contributed by atoms with Crippen molar-refractivity contribution in [2.45, 2.75) is 19.8 Å². The minimum absolute atomic E-state index is 0.617. The standard InChI is InChI=1S/C14H31NO4/c1-4-5-7-16-9-11-18-13-14-19-12-10-17-8-6-15(2)3/h4-14H2,1-3H3. The van der Waals surface area contributed by atoms with E-state index in [9.17, 15) is 0 Å². The van der Waals surface area contributed by atoms with E-state index in [1.54, 1.807) is 0 Å². The molecule has 0 aliphatic rings. The van der Waals surface area contributed by atoms with E-state index in [0.717, 1.165) is 26.2 Å². The van der Waals surface area contributed by atoms with Gasteiger partial charge in [0.25, 0.3) is 0 Å². The summed E-state index contributed by atoms with van der Waals surface area (Å²) >= 11 is 0. The molecule has 19 heavy (non-hydrogen) atoms. The van der Waals surface area contributed by atoms with Gasteiger partial charge in [0.1, 0.15) is 0 Å². The van der Waals surface area contributed by atoms with Gasteiger partial charge in [-0.3, -0.25) is 0 Å². The van der Waals surface area contributed by atoms with Crippen molar-refractivity contribution in [3.05, 3.63) is 0 Å². The van der Waals surface area contributed by atoms with Crippen molar-refractivity contribution in [2.24, 2.45) is 0 Å². The molecule has 0 aliphatic heterocycles. The van der Waals surface area contributed by atoms with E-state index < -0.39 is 0 Å². The number of hydrogen-bond donors (Lipinski definition) is 0. The Hall–Kier alpha value is -0.200. The number of ether oxygens (including phenoxy) is 4. The Labute approximate surface area is 118 Å². The molecule has 0 aliphatic carbocycles. The molecule has 0 bridgehead atoms. The van der Waals surface area contributed by atoms with Gasteiger partial charge in [-0.2, -0.15) is 0 Å². The zero-order valence-corrected chi connectivity index (χ0v) is 12.9. The highest BCUT2D eigenvalue weighted by molar-refractivity contribution is 4.40. The predicted octanol–water partition coefficient (Wildman–Crippen LogP) is 1.41. The minimum atomic E-state index is 0.617. The molecular formula is C14H31NO4. The van der Waals surface area contributed by atoms with Gasteiger partial charge < -0.3 is 23.8 Å². The Balaban J connectivity index is 2.91. The van der Waals surface area contributed by atoms with Crippen LogP contribution in [-0.2, 0) is 18.9 Å². The third-order valence-electron chi connectivity index (χ3n) is 2.44. The SMILES string of the molecule is CCCCOCCOCCOCCOCCN(C)C. The summed E-state index contributed by atoms with van der Waals surface area (Å²) < 4.78 is 21.5. The molecule has 0 radical (unpaired) electrons. The van der Waals surface area contributed by atoms with Gasteiger partial charge in [-0.1, -0.05) is 13.3 Å². The Morgan fingerprint density at radius 3 is 1.47 bits per heavy atom. The zero-order chi connectivity index (χ0) is 14.2. The number of nitrogens with zero attached hydrogens (tertiary/aromatic N) is 1. The number of rotatable bonds is 15. The molecule has 0 unspecified atom stereocenters. The van der Waals surface area contributed by atoms with E-state index in [1.165, 1.54) is 6.42 Å². The summed E-state index contributed by atoms with van der Waals surface area (Å²) in [6, 6.07) is 0. The first-order valence-corrected chi connectivity index (χ1v) is 7.23. The van der Waals surface area contributed by atoms with Crippen LogP contribution >= 0.6 is 0 Å². The third kappa shape index (κ3) is 17.8. The quantitative estimate of drug-likeness (QED) is 0.423. The van der Waals surface area contributed by atoms with Crippen molar-refractivity contribution >= 4 is 0 Å². The summed E-state index contributed by atoms with van der Waals surface area (Å²) in [7, 11) is 4.06. The van der Waals surface area contributed by atoms with Crippen molar-refractivity contribution in [3.63, 3.8) is 0 Å². The van der Waals surface area contributed by atoms with Crippen molar-refractivity contribution in [1.82, 2.24) is 4.90 Å². The lowest BCUT2D eigenvalue weighted by Crippen LogP contribution is -2.19. The maximum Gasteiger partial charge on any atom is 0.0701 e. The summed E-state index contributed by atoms with van der Waals surface area (Å²) in [5.74, 6) is 0. The lowest BCUT2D eigenvalue weighted by molar-refractivity contribution is -0.00315. The fourth-order valence-corrected chi connectivity index (χ4v) is 1.26. The van der Waals surface area contributed by atoms with Gasteiger partial charge in [0.2, 0.25) is 0 Å². The molecule has 0 aromatic heterocycles. The van der Waals surface area contributed by atoms with Crippen molar-refractivity contribution < 1.29 is 18.9 Å². The molecule has 0 N–H and O–H groups in total. The van der Waals surface area contributed by atoms with Crippen LogP contribution < -0.4 is 0 Å². The molecular weight excluding hydrogens is 246 g/mol. The minimum Gasteiger partial charge on any atom is -0.379 e. The first kappa shape index (κ1) is 18.8. The summed E-state index contributed by atoms with van der Waals surface area (Å²) in [6.07, 6.45) is 2.29. The highest BCUT2D eigenvalue weighted by Gasteiger charge is 1.93. The summed E-state index contributed by atoms with van der Waals surface area (Å²) in [5, 5.41) is 0. The number of likely N-dealkylation sites (N-methyl/N-ethyl adjacent to an activating group) is 1. The molecule has 5 heteroatoms. The lowest BCUT2D eigenvalue weighted by atomic mass is 10.4. The smallest absolute Gasteiger partial charge is 0.0701 e. The molecule has 0 aromatic carbocycles. The van der Waals surface area contributed by atoms with Crippen LogP contribution in [-0.4, -0.2) is 78.4 Å². The van der Waals surface area contributed by atoms with Gasteiger partial charge in [-0.05, 0) is 20.5 Å². The molecule has 116 valence electrons. The average Bonchev–Trinajstić information content (AvgIpc) is 2.39. The van der Waals surface area contributed by atoms with Crippen LogP contribution in [0.3, 0.4) is 0 Å². The average molecular weight is 277 g/mol. The molecule has 0 rings (SSSR count). The molecule has 0 saturated heterocycles. The monoisotopic (exact) mass is 277 g/mol. The van der Waals surface area contributed by atoms with E-state index in [4.69, 9.17) is 18.9 Å². The largest absolute Gasteiger partial charge is 0.379 e. The lowest BCUT2D eigenvalue weighted by Gasteiger charge is -2.10. The fraction of sp³-hybridized carbons (Fsp3) is 1.00. The summed E-state index contributed by atoms with van der Waals surface area (Å²) in [6.45, 7) is 8.52. The number of hydrogen-bond acceptors (Lipinski definition) is 5. The Morgan fingerprint density at radius 2 is 1.05 bits per heavy atom. The van der Waals surface area contributed by atoms with Gasteiger partial charge in [-0.15, -0.1) is 0 Å². The van der Waals surface area contributed by atoms with E-state index in [2.05, 4.69) is 11.8 Å². The van der Waals surface area contributed by atoms with Crippen molar-refractivity contribution in [1.29, 1.82) is 0 Å². The normalized spacial score (nSPS) is 11.4. The first-order valence-electron chi connectivity index (χ1n) is 7.23. The first-order chi connectivity index (χ1) is 9.27. The van der Waals surface area contributed by atoms with E-state index >= 15 is 0 Å². The van der Waals surface area contributed by atoms with Crippen LogP contribution in [0.2, 0.25) is 0 Å². The second kappa shape index (κ2) is 15.9. The van der Waals surface area contributed by atoms with E-state index in [0.29, 0.717) is 39.6 Å². The van der Waals surface area contributed by atoms with E-state index in [1.807, 2.05) is 14.1 Å². The van der Waals surface area contributed by atoms with Crippen LogP contribution in [0.25, 0.3) is 0 Å². The second-order valence-corrected chi connectivity index (χ2v) is 4.61. The Morgan fingerprint density at radius 1 is 0.632 bits per heavy atom. The highest BCUT2D eigenvalue weighted by Crippen LogP contribution is 1.88. The van der Waals surface area contributed by atoms with E-state index in [-0.39, 0.29) is 0 Å². The van der Waals surface area contributed by atoms with Gasteiger partial charge >= 0.3 is 0 Å². The molecule has 0 saturated carbocycles. The number of unbranched alkanes of at least 4 members (excludes halogenated alkanes) is 1. The van der Waals surface area contributed by atoms with Crippen LogP contribution in [0.1, 0.15) is 19.8 Å². The van der Waals surface area contributed by atoms with Gasteiger partial charge in [0.15, 0.2) is 0 Å². The van der Waals surface area contributed by atoms with Gasteiger partial charge in [0.05, 0.1) is 46.2 Å². The highest BCUT2D eigenvalue weighted by atomic mass is 16.6. The molecule has 0 fully saturated rings. The van der Waals surface area contributed by atoms with Gasteiger partial charge in [0, 0.05) is 13.2 Å². The third-order valence-corrected chi connectivity index (χ3v) is 2.44. The maximum atomic E-state index is 5.40. The Kier molecular flexibility index (Phi) is 15.7. The van der Waals surface area contributed by atoms with Crippen LogP contribution in [0.4, 0.5) is 0 Å². The summed E-state index contributed by atoms with van der Waals surface area (Å²) in [4.78, 5) is 2.09. The predicted molar refractivity (Wildman–Crippen MR) is 76.7 cm³/mol. The second-order valence-electron chi connectivity index (χ2n) is 4.61. The molecule has 0 aromatic rings. The maximum absolute atomic E-state index is 5.40. The van der Waals surface area contributed by atoms with Crippen LogP contribution in [0.15, 0.2) is 0 Å². The Bertz CT molecular complexity index is 168.